The van der Waals surface area contributed by atoms with Crippen LogP contribution in [0.2, 0.25) is 0 Å². The number of unbranched alkanes of at least 4 members (excludes halogenated alkanes) is 3. The van der Waals surface area contributed by atoms with Gasteiger partial charge in [0.15, 0.2) is 5.75 Å². The molecule has 0 atom stereocenters. The van der Waals surface area contributed by atoms with Gasteiger partial charge < -0.3 is 19.1 Å². The summed E-state index contributed by atoms with van der Waals surface area (Å²) in [6, 6.07) is 5.48. The van der Waals surface area contributed by atoms with E-state index in [1.807, 2.05) is 4.90 Å². The molecule has 1 aromatic carbocycles. The summed E-state index contributed by atoms with van der Waals surface area (Å²) in [5.74, 6) is 3.93. The summed E-state index contributed by atoms with van der Waals surface area (Å²) in [6.45, 7) is 16.4. The number of nitriles is 1. The summed E-state index contributed by atoms with van der Waals surface area (Å²) in [5.41, 5.74) is 0.439. The van der Waals surface area contributed by atoms with Crippen LogP contribution in [0.3, 0.4) is 0 Å². The number of carbonyl (C=O) groups is 3. The number of fused-ring (bicyclic) bond motifs is 1. The third-order valence-corrected chi connectivity index (χ3v) is 16.3. The summed E-state index contributed by atoms with van der Waals surface area (Å²) in [4.78, 5) is 45.5. The number of benzene rings is 1. The van der Waals surface area contributed by atoms with Gasteiger partial charge >= 0.3 is 17.9 Å². The van der Waals surface area contributed by atoms with Gasteiger partial charge in [0.05, 0.1) is 41.0 Å². The van der Waals surface area contributed by atoms with Crippen molar-refractivity contribution < 1.29 is 28.6 Å². The third kappa shape index (κ3) is 12.5. The third-order valence-electron chi connectivity index (χ3n) is 15.1. The van der Waals surface area contributed by atoms with Crippen LogP contribution >= 0.6 is 11.8 Å². The lowest BCUT2D eigenvalue weighted by Gasteiger charge is -2.37. The molecule has 0 radical (unpaired) electrons. The zero-order valence-corrected chi connectivity index (χ0v) is 38.0. The molecule has 4 fully saturated rings. The van der Waals surface area contributed by atoms with Gasteiger partial charge in [0.2, 0.25) is 0 Å². The van der Waals surface area contributed by atoms with Crippen molar-refractivity contribution in [3.63, 3.8) is 0 Å². The maximum absolute atomic E-state index is 14.0. The van der Waals surface area contributed by atoms with Crippen LogP contribution in [0.4, 0.5) is 5.69 Å². The minimum atomic E-state index is -0.495. The molecule has 5 aliphatic rings. The molecular weight excluding hydrogens is 783 g/mol. The van der Waals surface area contributed by atoms with Crippen LogP contribution in [0.1, 0.15) is 168 Å². The molecule has 1 aromatic rings. The van der Waals surface area contributed by atoms with Crippen molar-refractivity contribution in [1.82, 2.24) is 0 Å². The Hall–Kier alpha value is -3.76. The van der Waals surface area contributed by atoms with E-state index in [0.717, 1.165) is 81.1 Å². The maximum Gasteiger partial charge on any atom is 0.330 e. The van der Waals surface area contributed by atoms with Crippen molar-refractivity contribution in [3.8, 4) is 17.6 Å². The number of allylic oxidation sites excluding steroid dienone is 1. The summed E-state index contributed by atoms with van der Waals surface area (Å²) in [5, 5.41) is 10.5. The second-order valence-corrected chi connectivity index (χ2v) is 19.9. The second-order valence-electron chi connectivity index (χ2n) is 18.9. The Morgan fingerprint density at radius 2 is 1.23 bits per heavy atom. The highest BCUT2D eigenvalue weighted by molar-refractivity contribution is 8.03. The monoisotopic (exact) mass is 854 g/mol. The van der Waals surface area contributed by atoms with Crippen LogP contribution in [0.5, 0.6) is 11.5 Å². The first-order chi connectivity index (χ1) is 29.8. The minimum absolute atomic E-state index is 0.0933. The summed E-state index contributed by atoms with van der Waals surface area (Å²) in [7, 11) is 0. The first-order valence-electron chi connectivity index (χ1n) is 24.1. The van der Waals surface area contributed by atoms with Gasteiger partial charge in [-0.05, 0) is 138 Å². The highest BCUT2D eigenvalue weighted by Crippen LogP contribution is 2.56. The van der Waals surface area contributed by atoms with Crippen molar-refractivity contribution in [2.24, 2.45) is 47.3 Å². The van der Waals surface area contributed by atoms with Crippen molar-refractivity contribution in [2.45, 2.75) is 173 Å². The lowest BCUT2D eigenvalue weighted by molar-refractivity contribution is -0.141. The van der Waals surface area contributed by atoms with Crippen LogP contribution < -0.4 is 14.4 Å². The Bertz CT molecular complexity index is 1750. The van der Waals surface area contributed by atoms with E-state index >= 15 is 0 Å². The van der Waals surface area contributed by atoms with Crippen molar-refractivity contribution in [3.05, 3.63) is 46.9 Å². The van der Waals surface area contributed by atoms with Gasteiger partial charge in [-0.3, -0.25) is 9.59 Å². The van der Waals surface area contributed by atoms with Gasteiger partial charge in [-0.1, -0.05) is 96.4 Å². The van der Waals surface area contributed by atoms with Crippen LogP contribution in [0.15, 0.2) is 40.4 Å². The largest absolute Gasteiger partial charge is 0.463 e. The van der Waals surface area contributed by atoms with E-state index in [2.05, 4.69) is 31.3 Å². The fraction of sp³-hybridized carbons (Fsp3) is 0.706. The number of ether oxygens (including phenoxy) is 3. The molecule has 0 N–H and O–H groups in total. The molecule has 6 rings (SSSR count). The molecule has 1 aliphatic heterocycles. The molecule has 1 heterocycles. The quantitative estimate of drug-likeness (QED) is 0.0356. The molecule has 0 amide bonds. The second kappa shape index (κ2) is 23.6. The van der Waals surface area contributed by atoms with Crippen LogP contribution in [-0.4, -0.2) is 31.1 Å². The zero-order chi connectivity index (χ0) is 43.1. The van der Waals surface area contributed by atoms with E-state index in [0.29, 0.717) is 58.3 Å². The van der Waals surface area contributed by atoms with E-state index < -0.39 is 5.97 Å². The van der Waals surface area contributed by atoms with Crippen molar-refractivity contribution in [1.29, 1.82) is 5.26 Å². The Morgan fingerprint density at radius 3 is 1.69 bits per heavy atom. The molecule has 9 nitrogen and oxygen atoms in total. The highest BCUT2D eigenvalue weighted by atomic mass is 32.2. The van der Waals surface area contributed by atoms with E-state index in [-0.39, 0.29) is 36.1 Å². The Balaban J connectivity index is 1.14. The summed E-state index contributed by atoms with van der Waals surface area (Å²) >= 11 is 1.21. The van der Waals surface area contributed by atoms with Gasteiger partial charge in [-0.15, -0.1) is 0 Å². The van der Waals surface area contributed by atoms with E-state index in [9.17, 15) is 19.6 Å². The van der Waals surface area contributed by atoms with E-state index in [1.54, 1.807) is 12.1 Å². The van der Waals surface area contributed by atoms with Crippen LogP contribution in [0.25, 0.3) is 4.85 Å². The molecule has 332 valence electrons. The molecular formula is C51H71N3O6S. The maximum atomic E-state index is 14.0. The summed E-state index contributed by atoms with van der Waals surface area (Å²) in [6.07, 6.45) is 28.2. The normalized spacial score (nSPS) is 28.4. The smallest absolute Gasteiger partial charge is 0.330 e. The van der Waals surface area contributed by atoms with E-state index in [1.165, 1.54) is 102 Å². The van der Waals surface area contributed by atoms with Crippen LogP contribution in [0, 0.1) is 65.2 Å². The number of rotatable bonds is 18. The predicted molar refractivity (Wildman–Crippen MR) is 241 cm³/mol. The van der Waals surface area contributed by atoms with Gasteiger partial charge in [0.25, 0.3) is 5.70 Å². The minimum Gasteiger partial charge on any atom is -0.463 e. The average Bonchev–Trinajstić information content (AvgIpc) is 3.68. The van der Waals surface area contributed by atoms with Crippen molar-refractivity contribution in [2.75, 3.05) is 18.1 Å². The van der Waals surface area contributed by atoms with Gasteiger partial charge in [0, 0.05) is 12.6 Å². The Morgan fingerprint density at radius 1 is 0.754 bits per heavy atom. The summed E-state index contributed by atoms with van der Waals surface area (Å²) < 4.78 is 17.8. The molecule has 0 spiro atoms. The molecule has 0 saturated heterocycles. The molecule has 10 heteroatoms. The number of carbonyl (C=O) groups excluding carboxylic acids is 3. The van der Waals surface area contributed by atoms with Gasteiger partial charge in [-0.2, -0.15) is 0 Å². The Kier molecular flexibility index (Phi) is 18.1. The first kappa shape index (κ1) is 46.7. The number of hydrogen-bond donors (Lipinski definition) is 0. The van der Waals surface area contributed by atoms with Gasteiger partial charge in [0.1, 0.15) is 11.4 Å². The van der Waals surface area contributed by atoms with E-state index in [4.69, 9.17) is 20.8 Å². The first-order valence-corrected chi connectivity index (χ1v) is 24.9. The van der Waals surface area contributed by atoms with Crippen LogP contribution in [-0.2, 0) is 19.1 Å². The molecule has 4 saturated carbocycles. The molecule has 61 heavy (non-hydrogen) atoms. The number of thioether (sulfide) groups is 1. The lowest BCUT2D eigenvalue weighted by atomic mass is 9.68. The SMILES string of the molecule is [C-]#[N+]/C(C#N)=C1/Sc2c(OC(=O)C3CCC(C4CCC(CCCC)CC4)CC3)ccc(OC(=O)C3CCC(C4CCC(CCCC)CC4)CC3)c2N1CCCCOC(=O)C=C. The fourth-order valence-corrected chi connectivity index (χ4v) is 12.5. The number of hydrogen-bond acceptors (Lipinski definition) is 9. The van der Waals surface area contributed by atoms with Crippen molar-refractivity contribution >= 4 is 35.4 Å². The lowest BCUT2D eigenvalue weighted by Crippen LogP contribution is -2.30. The molecule has 4 aliphatic carbocycles. The number of esters is 3. The molecule has 0 unspecified atom stereocenters. The average molecular weight is 854 g/mol. The highest BCUT2D eigenvalue weighted by Gasteiger charge is 2.39. The van der Waals surface area contributed by atoms with Gasteiger partial charge in [-0.25, -0.2) is 14.9 Å². The number of anilines is 1. The molecule has 0 aromatic heterocycles. The zero-order valence-electron chi connectivity index (χ0n) is 37.1. The molecule has 0 bridgehead atoms. The number of nitrogens with zero attached hydrogens (tertiary/aromatic N) is 3. The standard InChI is InChI=1S/C51H71N3O6S/c1-5-8-12-35-14-18-37(19-15-35)39-22-26-41(27-23-39)50(56)59-44-30-31-45(48-47(44)54(49(61-48)43(34-52)53-4)32-10-11-33-58-46(55)7-3)60-51(57)42-28-24-40(25-29-42)38-20-16-36(17-21-38)13-9-6-2/h7,30-31,35-42H,3,5-6,8-29,32-33H2,1-2H3/b49-43+. The predicted octanol–water partition coefficient (Wildman–Crippen LogP) is 13.1. The Labute approximate surface area is 370 Å². The fourth-order valence-electron chi connectivity index (χ4n) is 11.3. The topological polar surface area (TPSA) is 110 Å².